The van der Waals surface area contributed by atoms with Crippen LogP contribution in [0.4, 0.5) is 0 Å². The second-order valence-corrected chi connectivity index (χ2v) is 13.6. The van der Waals surface area contributed by atoms with Gasteiger partial charge in [-0.05, 0) is 19.0 Å². The van der Waals surface area contributed by atoms with Crippen LogP contribution in [0.3, 0.4) is 0 Å². The number of rotatable bonds is 37. The van der Waals surface area contributed by atoms with Crippen molar-refractivity contribution in [2.24, 2.45) is 5.73 Å². The van der Waals surface area contributed by atoms with E-state index in [9.17, 15) is 0 Å². The summed E-state index contributed by atoms with van der Waals surface area (Å²) in [6.07, 6.45) is 57.8. The summed E-state index contributed by atoms with van der Waals surface area (Å²) in [5.74, 6) is 0. The van der Waals surface area contributed by atoms with Crippen LogP contribution >= 0.6 is 0 Å². The number of nitrogens with two attached hydrogens (primary N) is 1. The summed E-state index contributed by atoms with van der Waals surface area (Å²) in [7, 11) is 0. The Hall–Kier alpha value is -0.460. The van der Waals surface area contributed by atoms with Gasteiger partial charge in [-0.25, -0.2) is 0 Å². The molecule has 0 aliphatic heterocycles. The molecule has 1 heteroatoms. The van der Waals surface area contributed by atoms with E-state index in [0.717, 1.165) is 6.42 Å². The zero-order valence-corrected chi connectivity index (χ0v) is 28.9. The summed E-state index contributed by atoms with van der Waals surface area (Å²) < 4.78 is 0. The van der Waals surface area contributed by atoms with Crippen LogP contribution in [0.15, 0.2) is 12.3 Å². The van der Waals surface area contributed by atoms with E-state index >= 15 is 0 Å². The molecule has 0 aromatic carbocycles. The SMILES string of the molecule is CCCCCCCCCCCCCCCCCCCCCCCCCCCCCCCCCCCCCC/C=C/N. The van der Waals surface area contributed by atoms with Gasteiger partial charge >= 0.3 is 0 Å². The van der Waals surface area contributed by atoms with Crippen molar-refractivity contribution in [3.8, 4) is 0 Å². The topological polar surface area (TPSA) is 26.0 Å². The molecule has 0 aliphatic rings. The monoisotopic (exact) mass is 576 g/mol. The van der Waals surface area contributed by atoms with Gasteiger partial charge in [0, 0.05) is 0 Å². The zero-order valence-electron chi connectivity index (χ0n) is 28.9. The average Bonchev–Trinajstić information content (AvgIpc) is 2.98. The van der Waals surface area contributed by atoms with Crippen molar-refractivity contribution in [3.05, 3.63) is 12.3 Å². The molecule has 2 N–H and O–H groups in total. The van der Waals surface area contributed by atoms with E-state index in [1.54, 1.807) is 6.20 Å². The molecule has 0 bridgehead atoms. The fourth-order valence-corrected chi connectivity index (χ4v) is 6.44. The molecular weight excluding hydrogens is 494 g/mol. The first-order valence-corrected chi connectivity index (χ1v) is 19.8. The Balaban J connectivity index is 3.03. The van der Waals surface area contributed by atoms with E-state index < -0.39 is 0 Å². The predicted molar refractivity (Wildman–Crippen MR) is 190 cm³/mol. The van der Waals surface area contributed by atoms with Crippen molar-refractivity contribution >= 4 is 0 Å². The molecule has 41 heavy (non-hydrogen) atoms. The fraction of sp³-hybridized carbons (Fsp3) is 0.950. The molecule has 0 unspecified atom stereocenters. The molecule has 0 radical (unpaired) electrons. The minimum Gasteiger partial charge on any atom is -0.405 e. The molecule has 0 amide bonds. The highest BCUT2D eigenvalue weighted by Crippen LogP contribution is 2.17. The lowest BCUT2D eigenvalue weighted by molar-refractivity contribution is 0.510. The van der Waals surface area contributed by atoms with Gasteiger partial charge in [0.15, 0.2) is 0 Å². The van der Waals surface area contributed by atoms with E-state index in [-0.39, 0.29) is 0 Å². The van der Waals surface area contributed by atoms with Crippen LogP contribution in [-0.4, -0.2) is 0 Å². The molecule has 0 saturated heterocycles. The van der Waals surface area contributed by atoms with Crippen molar-refractivity contribution in [1.29, 1.82) is 0 Å². The highest BCUT2D eigenvalue weighted by atomic mass is 14.5. The maximum absolute atomic E-state index is 5.37. The molecule has 1 nitrogen and oxygen atoms in total. The largest absolute Gasteiger partial charge is 0.405 e. The summed E-state index contributed by atoms with van der Waals surface area (Å²) in [6, 6.07) is 0. The van der Waals surface area contributed by atoms with Crippen molar-refractivity contribution in [1.82, 2.24) is 0 Å². The van der Waals surface area contributed by atoms with Crippen LogP contribution in [0.25, 0.3) is 0 Å². The van der Waals surface area contributed by atoms with Gasteiger partial charge < -0.3 is 5.73 Å². The van der Waals surface area contributed by atoms with Crippen LogP contribution in [0, 0.1) is 0 Å². The fourth-order valence-electron chi connectivity index (χ4n) is 6.44. The van der Waals surface area contributed by atoms with E-state index in [0.29, 0.717) is 0 Å². The van der Waals surface area contributed by atoms with E-state index in [1.165, 1.54) is 231 Å². The number of hydrogen-bond donors (Lipinski definition) is 1. The smallest absolute Gasteiger partial charge is 0.0103 e. The van der Waals surface area contributed by atoms with Crippen LogP contribution in [0.5, 0.6) is 0 Å². The van der Waals surface area contributed by atoms with Crippen molar-refractivity contribution in [2.45, 2.75) is 244 Å². The highest BCUT2D eigenvalue weighted by molar-refractivity contribution is 4.74. The minimum absolute atomic E-state index is 1.16. The molecule has 0 spiro atoms. The number of hydrogen-bond acceptors (Lipinski definition) is 1. The predicted octanol–water partition coefficient (Wildman–Crippen LogP) is 14.9. The Morgan fingerprint density at radius 2 is 0.439 bits per heavy atom. The minimum atomic E-state index is 1.16. The van der Waals surface area contributed by atoms with Gasteiger partial charge in [0.2, 0.25) is 0 Å². The quantitative estimate of drug-likeness (QED) is 0.0732. The van der Waals surface area contributed by atoms with Gasteiger partial charge in [0.05, 0.1) is 0 Å². The third-order valence-corrected chi connectivity index (χ3v) is 9.36. The van der Waals surface area contributed by atoms with Gasteiger partial charge in [0.1, 0.15) is 0 Å². The maximum atomic E-state index is 5.37. The van der Waals surface area contributed by atoms with Crippen LogP contribution < -0.4 is 5.73 Å². The average molecular weight is 576 g/mol. The first kappa shape index (κ1) is 40.5. The van der Waals surface area contributed by atoms with E-state index in [4.69, 9.17) is 5.73 Å². The van der Waals surface area contributed by atoms with Crippen LogP contribution in [0.2, 0.25) is 0 Å². The molecule has 0 aromatic rings. The Labute approximate surface area is 262 Å². The second-order valence-electron chi connectivity index (χ2n) is 13.6. The Kier molecular flexibility index (Phi) is 39.1. The Morgan fingerprint density at radius 3 is 0.610 bits per heavy atom. The van der Waals surface area contributed by atoms with Gasteiger partial charge in [-0.3, -0.25) is 0 Å². The first-order valence-electron chi connectivity index (χ1n) is 19.8. The molecule has 0 heterocycles. The molecular formula is C40H81N. The maximum Gasteiger partial charge on any atom is -0.0103 e. The summed E-state index contributed by atoms with van der Waals surface area (Å²) in [6.45, 7) is 2.31. The van der Waals surface area contributed by atoms with E-state index in [1.807, 2.05) is 0 Å². The normalized spacial score (nSPS) is 11.7. The van der Waals surface area contributed by atoms with Gasteiger partial charge in [0.25, 0.3) is 0 Å². The molecule has 0 rings (SSSR count). The molecule has 0 aromatic heterocycles. The lowest BCUT2D eigenvalue weighted by Gasteiger charge is -2.05. The van der Waals surface area contributed by atoms with Gasteiger partial charge in [-0.1, -0.05) is 238 Å². The van der Waals surface area contributed by atoms with Crippen molar-refractivity contribution < 1.29 is 0 Å². The molecule has 0 atom stereocenters. The molecule has 0 saturated carbocycles. The Morgan fingerprint density at radius 1 is 0.268 bits per heavy atom. The third kappa shape index (κ3) is 39.5. The Bertz CT molecular complexity index is 456. The lowest BCUT2D eigenvalue weighted by Crippen LogP contribution is -1.85. The molecule has 0 aliphatic carbocycles. The van der Waals surface area contributed by atoms with Crippen LogP contribution in [0.1, 0.15) is 244 Å². The summed E-state index contributed by atoms with van der Waals surface area (Å²) >= 11 is 0. The van der Waals surface area contributed by atoms with Gasteiger partial charge in [-0.2, -0.15) is 0 Å². The van der Waals surface area contributed by atoms with Gasteiger partial charge in [-0.15, -0.1) is 0 Å². The lowest BCUT2D eigenvalue weighted by atomic mass is 10.0. The summed E-state index contributed by atoms with van der Waals surface area (Å²) in [4.78, 5) is 0. The van der Waals surface area contributed by atoms with E-state index in [2.05, 4.69) is 13.0 Å². The number of allylic oxidation sites excluding steroid dienone is 1. The summed E-state index contributed by atoms with van der Waals surface area (Å²) in [5.41, 5.74) is 5.37. The third-order valence-electron chi connectivity index (χ3n) is 9.36. The van der Waals surface area contributed by atoms with Crippen LogP contribution in [-0.2, 0) is 0 Å². The zero-order chi connectivity index (χ0) is 29.6. The summed E-state index contributed by atoms with van der Waals surface area (Å²) in [5, 5.41) is 0. The standard InChI is InChI=1S/C40H81N/c1-2-3-4-5-6-7-8-9-10-11-12-13-14-15-16-17-18-19-20-21-22-23-24-25-26-27-28-29-30-31-32-33-34-35-36-37-38-39-40-41/h39-40H,2-38,41H2,1H3/b40-39+. The van der Waals surface area contributed by atoms with Crippen molar-refractivity contribution in [3.63, 3.8) is 0 Å². The molecule has 0 fully saturated rings. The highest BCUT2D eigenvalue weighted by Gasteiger charge is 1.97. The number of unbranched alkanes of at least 4 members (excludes halogenated alkanes) is 36. The van der Waals surface area contributed by atoms with Crippen molar-refractivity contribution in [2.75, 3.05) is 0 Å². The molecule has 246 valence electrons. The second kappa shape index (κ2) is 39.5. The first-order chi connectivity index (χ1) is 20.4.